The summed E-state index contributed by atoms with van der Waals surface area (Å²) < 4.78 is 10.5. The van der Waals surface area contributed by atoms with Gasteiger partial charge in [-0.05, 0) is 43.0 Å². The zero-order chi connectivity index (χ0) is 13.1. The van der Waals surface area contributed by atoms with Crippen molar-refractivity contribution < 1.29 is 14.6 Å². The van der Waals surface area contributed by atoms with Gasteiger partial charge in [0.2, 0.25) is 12.5 Å². The van der Waals surface area contributed by atoms with Crippen LogP contribution in [-0.2, 0) is 12.8 Å². The topological polar surface area (TPSA) is 51.6 Å². The number of aryl methyl sites for hydroxylation is 2. The number of aromatic hydroxyl groups is 1. The minimum absolute atomic E-state index is 0.181. The van der Waals surface area contributed by atoms with Crippen LogP contribution in [0.1, 0.15) is 17.7 Å². The second kappa shape index (κ2) is 5.18. The molecule has 1 N–H and O–H groups in total. The summed E-state index contributed by atoms with van der Waals surface area (Å²) in [7, 11) is 0. The minimum Gasteiger partial charge on any atom is -0.504 e. The molecular weight excluding hydrogens is 242 g/mol. The predicted molar refractivity (Wildman–Crippen MR) is 70.5 cm³/mol. The zero-order valence-electron chi connectivity index (χ0n) is 10.5. The van der Waals surface area contributed by atoms with Crippen molar-refractivity contribution in [2.75, 3.05) is 6.79 Å². The average molecular weight is 257 g/mol. The van der Waals surface area contributed by atoms with Gasteiger partial charge in [0.05, 0.1) is 0 Å². The van der Waals surface area contributed by atoms with E-state index in [9.17, 15) is 5.11 Å². The minimum atomic E-state index is 0.181. The molecule has 1 aromatic heterocycles. The molecule has 2 aromatic rings. The molecule has 98 valence electrons. The van der Waals surface area contributed by atoms with Crippen molar-refractivity contribution in [1.82, 2.24) is 4.98 Å². The lowest BCUT2D eigenvalue weighted by molar-refractivity contribution is 0.171. The van der Waals surface area contributed by atoms with Gasteiger partial charge in [-0.2, -0.15) is 0 Å². The Bertz CT molecular complexity index is 569. The summed E-state index contributed by atoms with van der Waals surface area (Å²) in [5, 5.41) is 10.1. The second-order valence-corrected chi connectivity index (χ2v) is 4.48. The van der Waals surface area contributed by atoms with Crippen LogP contribution in [0, 0.1) is 0 Å². The maximum atomic E-state index is 10.1. The highest BCUT2D eigenvalue weighted by atomic mass is 16.7. The molecule has 0 radical (unpaired) electrons. The first-order valence-electron chi connectivity index (χ1n) is 6.35. The van der Waals surface area contributed by atoms with E-state index >= 15 is 0 Å². The fraction of sp³-hybridized carbons (Fsp3) is 0.267. The maximum Gasteiger partial charge on any atom is 0.231 e. The molecule has 1 aliphatic heterocycles. The van der Waals surface area contributed by atoms with Gasteiger partial charge in [0.25, 0.3) is 0 Å². The van der Waals surface area contributed by atoms with Crippen LogP contribution in [0.25, 0.3) is 0 Å². The summed E-state index contributed by atoms with van der Waals surface area (Å²) in [6.07, 6.45) is 4.42. The summed E-state index contributed by atoms with van der Waals surface area (Å²) in [5.74, 6) is 1.29. The van der Waals surface area contributed by atoms with Gasteiger partial charge in [-0.15, -0.1) is 0 Å². The smallest absolute Gasteiger partial charge is 0.231 e. The van der Waals surface area contributed by atoms with Crippen LogP contribution in [0.4, 0.5) is 0 Å². The lowest BCUT2D eigenvalue weighted by Gasteiger charge is -2.07. The number of aromatic nitrogens is 1. The number of phenolic OH excluding ortho intramolecular Hbond substituents is 1. The largest absolute Gasteiger partial charge is 0.504 e. The normalized spacial score (nSPS) is 12.6. The van der Waals surface area contributed by atoms with Gasteiger partial charge in [0.15, 0.2) is 11.5 Å². The Morgan fingerprint density at radius 3 is 2.89 bits per heavy atom. The quantitative estimate of drug-likeness (QED) is 0.915. The Morgan fingerprint density at radius 1 is 1.11 bits per heavy atom. The molecule has 0 saturated heterocycles. The summed E-state index contributed by atoms with van der Waals surface area (Å²) >= 11 is 0. The molecular formula is C15H15NO3. The third-order valence-electron chi connectivity index (χ3n) is 3.20. The molecule has 1 aromatic carbocycles. The van der Waals surface area contributed by atoms with E-state index in [1.807, 2.05) is 30.3 Å². The van der Waals surface area contributed by atoms with Crippen LogP contribution in [0.5, 0.6) is 17.2 Å². The Balaban J connectivity index is 1.65. The molecule has 4 heteroatoms. The number of rotatable bonds is 4. The Labute approximate surface area is 111 Å². The fourth-order valence-corrected chi connectivity index (χ4v) is 2.21. The summed E-state index contributed by atoms with van der Waals surface area (Å²) in [6, 6.07) is 9.65. The number of ether oxygens (including phenoxy) is 2. The Morgan fingerprint density at radius 2 is 2.05 bits per heavy atom. The molecule has 3 rings (SSSR count). The third-order valence-corrected chi connectivity index (χ3v) is 3.20. The van der Waals surface area contributed by atoms with E-state index in [0.717, 1.165) is 30.5 Å². The molecule has 0 saturated carbocycles. The van der Waals surface area contributed by atoms with E-state index in [-0.39, 0.29) is 12.5 Å². The van der Waals surface area contributed by atoms with Crippen molar-refractivity contribution in [3.63, 3.8) is 0 Å². The highest BCUT2D eigenvalue weighted by molar-refractivity contribution is 5.56. The number of hydrogen-bond donors (Lipinski definition) is 1. The van der Waals surface area contributed by atoms with Crippen LogP contribution >= 0.6 is 0 Å². The molecule has 4 nitrogen and oxygen atoms in total. The number of pyridine rings is 1. The summed E-state index contributed by atoms with van der Waals surface area (Å²) in [4.78, 5) is 4.28. The van der Waals surface area contributed by atoms with Crippen molar-refractivity contribution >= 4 is 0 Å². The molecule has 0 bridgehead atoms. The first-order valence-corrected chi connectivity index (χ1v) is 6.35. The predicted octanol–water partition coefficient (Wildman–Crippen LogP) is 2.69. The van der Waals surface area contributed by atoms with Crippen molar-refractivity contribution in [3.05, 3.63) is 47.8 Å². The number of phenols is 1. The summed E-state index contributed by atoms with van der Waals surface area (Å²) in [5.41, 5.74) is 1.96. The Hall–Kier alpha value is -2.23. The van der Waals surface area contributed by atoms with Crippen molar-refractivity contribution in [2.24, 2.45) is 0 Å². The van der Waals surface area contributed by atoms with E-state index in [1.165, 1.54) is 0 Å². The second-order valence-electron chi connectivity index (χ2n) is 4.48. The van der Waals surface area contributed by atoms with Gasteiger partial charge in [0, 0.05) is 11.9 Å². The standard InChI is InChI=1S/C15H15NO3/c17-14-11(7-8-13-15(14)19-10-18-13)4-3-6-12-5-1-2-9-16-12/h1-2,5,7-9,17H,3-4,6,10H2. The van der Waals surface area contributed by atoms with Crippen LogP contribution < -0.4 is 9.47 Å². The molecule has 2 heterocycles. The molecule has 0 amide bonds. The van der Waals surface area contributed by atoms with Crippen LogP contribution in [0.2, 0.25) is 0 Å². The van der Waals surface area contributed by atoms with E-state index in [4.69, 9.17) is 9.47 Å². The molecule has 19 heavy (non-hydrogen) atoms. The summed E-state index contributed by atoms with van der Waals surface area (Å²) in [6.45, 7) is 0.181. The zero-order valence-corrected chi connectivity index (χ0v) is 10.5. The SMILES string of the molecule is Oc1c(CCCc2ccccn2)ccc2c1OCO2. The highest BCUT2D eigenvalue weighted by Crippen LogP contribution is 2.42. The number of benzene rings is 1. The Kier molecular flexibility index (Phi) is 3.23. The van der Waals surface area contributed by atoms with Crippen molar-refractivity contribution in [1.29, 1.82) is 0 Å². The third kappa shape index (κ3) is 2.47. The molecule has 1 aliphatic rings. The molecule has 0 unspecified atom stereocenters. The van der Waals surface area contributed by atoms with Crippen molar-refractivity contribution in [3.8, 4) is 17.2 Å². The number of hydrogen-bond acceptors (Lipinski definition) is 4. The van der Waals surface area contributed by atoms with Gasteiger partial charge in [-0.3, -0.25) is 4.98 Å². The molecule has 0 atom stereocenters. The van der Waals surface area contributed by atoms with Crippen LogP contribution in [0.3, 0.4) is 0 Å². The van der Waals surface area contributed by atoms with E-state index in [2.05, 4.69) is 4.98 Å². The molecule has 0 fully saturated rings. The molecule has 0 spiro atoms. The van der Waals surface area contributed by atoms with E-state index in [1.54, 1.807) is 6.20 Å². The number of fused-ring (bicyclic) bond motifs is 1. The first kappa shape index (κ1) is 11.8. The monoisotopic (exact) mass is 257 g/mol. The molecule has 0 aliphatic carbocycles. The lowest BCUT2D eigenvalue weighted by atomic mass is 10.0. The van der Waals surface area contributed by atoms with Crippen LogP contribution in [0.15, 0.2) is 36.5 Å². The van der Waals surface area contributed by atoms with Crippen LogP contribution in [-0.4, -0.2) is 16.9 Å². The first-order chi connectivity index (χ1) is 9.34. The average Bonchev–Trinajstić information content (AvgIpc) is 2.92. The van der Waals surface area contributed by atoms with Gasteiger partial charge >= 0.3 is 0 Å². The lowest BCUT2D eigenvalue weighted by Crippen LogP contribution is -1.94. The maximum absolute atomic E-state index is 10.1. The van der Waals surface area contributed by atoms with Gasteiger partial charge < -0.3 is 14.6 Å². The van der Waals surface area contributed by atoms with Gasteiger partial charge in [-0.25, -0.2) is 0 Å². The number of nitrogens with zero attached hydrogens (tertiary/aromatic N) is 1. The fourth-order valence-electron chi connectivity index (χ4n) is 2.21. The van der Waals surface area contributed by atoms with E-state index in [0.29, 0.717) is 11.5 Å². The van der Waals surface area contributed by atoms with Gasteiger partial charge in [0.1, 0.15) is 0 Å². The van der Waals surface area contributed by atoms with E-state index < -0.39 is 0 Å². The highest BCUT2D eigenvalue weighted by Gasteiger charge is 2.19. The van der Waals surface area contributed by atoms with Gasteiger partial charge in [-0.1, -0.05) is 12.1 Å². The van der Waals surface area contributed by atoms with Crippen molar-refractivity contribution in [2.45, 2.75) is 19.3 Å².